The van der Waals surface area contributed by atoms with Gasteiger partial charge < -0.3 is 20.5 Å². The largest absolute Gasteiger partial charge is 0.493 e. The van der Waals surface area contributed by atoms with Crippen LogP contribution in [0.1, 0.15) is 41.6 Å². The third-order valence-electron chi connectivity index (χ3n) is 4.63. The van der Waals surface area contributed by atoms with Gasteiger partial charge in [0.25, 0.3) is 5.91 Å². The zero-order valence-corrected chi connectivity index (χ0v) is 15.2. The highest BCUT2D eigenvalue weighted by Gasteiger charge is 2.16. The van der Waals surface area contributed by atoms with Gasteiger partial charge in [-0.25, -0.2) is 4.79 Å². The Morgan fingerprint density at radius 1 is 1.07 bits per heavy atom. The first-order valence-electron chi connectivity index (χ1n) is 8.97. The summed E-state index contributed by atoms with van der Waals surface area (Å²) in [5.41, 5.74) is 7.28. The van der Waals surface area contributed by atoms with Gasteiger partial charge in [0.2, 0.25) is 0 Å². The van der Waals surface area contributed by atoms with Crippen molar-refractivity contribution in [2.75, 3.05) is 12.4 Å². The van der Waals surface area contributed by atoms with E-state index in [1.807, 2.05) is 24.3 Å². The van der Waals surface area contributed by atoms with E-state index in [2.05, 4.69) is 11.7 Å². The number of methoxy groups -OCH3 is 1. The fourth-order valence-electron chi connectivity index (χ4n) is 3.28. The summed E-state index contributed by atoms with van der Waals surface area (Å²) in [7, 11) is 1.42. The number of benzene rings is 2. The minimum absolute atomic E-state index is 0.161. The molecule has 0 spiro atoms. The van der Waals surface area contributed by atoms with Gasteiger partial charge in [0, 0.05) is 11.3 Å². The van der Waals surface area contributed by atoms with Gasteiger partial charge >= 0.3 is 6.09 Å². The van der Waals surface area contributed by atoms with Crippen LogP contribution in [-0.2, 0) is 0 Å². The molecule has 1 radical (unpaired) electrons. The molecule has 0 aliphatic heterocycles. The normalized spacial score (nSPS) is 14.0. The van der Waals surface area contributed by atoms with Crippen molar-refractivity contribution >= 4 is 17.7 Å². The van der Waals surface area contributed by atoms with Crippen molar-refractivity contribution in [1.29, 1.82) is 0 Å². The molecule has 0 aromatic heterocycles. The van der Waals surface area contributed by atoms with Crippen LogP contribution in [0.2, 0.25) is 0 Å². The molecule has 0 atom stereocenters. The van der Waals surface area contributed by atoms with Crippen LogP contribution in [0, 0.1) is 12.3 Å². The van der Waals surface area contributed by atoms with E-state index in [0.29, 0.717) is 17.2 Å². The summed E-state index contributed by atoms with van der Waals surface area (Å²) in [4.78, 5) is 23.4. The zero-order chi connectivity index (χ0) is 19.2. The van der Waals surface area contributed by atoms with Crippen LogP contribution >= 0.6 is 0 Å². The molecule has 0 bridgehead atoms. The number of amides is 2. The Morgan fingerprint density at radius 2 is 1.78 bits per heavy atom. The standard InChI is InChI=1S/C21H23N2O4/c1-26-19-13-16(8-11-18(19)27-21(22)25)20(24)23-17-9-6-15(7-10-17)12-14-4-2-3-5-14/h6-14H,2-5H2,1H3,(H2,22,25)(H,23,24). The van der Waals surface area contributed by atoms with Crippen LogP contribution in [0.5, 0.6) is 11.5 Å². The van der Waals surface area contributed by atoms with E-state index in [4.69, 9.17) is 15.2 Å². The van der Waals surface area contributed by atoms with Crippen LogP contribution in [-0.4, -0.2) is 19.1 Å². The van der Waals surface area contributed by atoms with Crippen molar-refractivity contribution in [1.82, 2.24) is 0 Å². The third kappa shape index (κ3) is 5.00. The predicted molar refractivity (Wildman–Crippen MR) is 103 cm³/mol. The van der Waals surface area contributed by atoms with Gasteiger partial charge in [0.15, 0.2) is 11.5 Å². The summed E-state index contributed by atoms with van der Waals surface area (Å²) < 4.78 is 9.98. The maximum absolute atomic E-state index is 12.5. The maximum Gasteiger partial charge on any atom is 0.410 e. The van der Waals surface area contributed by atoms with Gasteiger partial charge in [-0.2, -0.15) is 0 Å². The summed E-state index contributed by atoms with van der Waals surface area (Å²) >= 11 is 0. The Kier molecular flexibility index (Phi) is 5.96. The number of anilines is 1. The minimum atomic E-state index is -0.944. The second-order valence-corrected chi connectivity index (χ2v) is 6.57. The van der Waals surface area contributed by atoms with Gasteiger partial charge in [0.1, 0.15) is 0 Å². The number of primary amides is 1. The van der Waals surface area contributed by atoms with Crippen LogP contribution in [0.4, 0.5) is 10.5 Å². The Labute approximate surface area is 158 Å². The van der Waals surface area contributed by atoms with Gasteiger partial charge in [-0.1, -0.05) is 25.0 Å². The molecule has 0 unspecified atom stereocenters. The molecule has 1 fully saturated rings. The average molecular weight is 367 g/mol. The van der Waals surface area contributed by atoms with Gasteiger partial charge in [-0.05, 0) is 61.1 Å². The molecule has 141 valence electrons. The van der Waals surface area contributed by atoms with E-state index in [-0.39, 0.29) is 17.4 Å². The van der Waals surface area contributed by atoms with Crippen LogP contribution < -0.4 is 20.5 Å². The third-order valence-corrected chi connectivity index (χ3v) is 4.63. The zero-order valence-electron chi connectivity index (χ0n) is 15.2. The lowest BCUT2D eigenvalue weighted by atomic mass is 9.98. The number of rotatable bonds is 6. The lowest BCUT2D eigenvalue weighted by Crippen LogP contribution is -2.17. The fraction of sp³-hybridized carbons (Fsp3) is 0.286. The van der Waals surface area contributed by atoms with Crippen LogP contribution in [0.15, 0.2) is 42.5 Å². The number of nitrogens with one attached hydrogen (secondary N) is 1. The molecule has 0 saturated heterocycles. The number of hydrogen-bond donors (Lipinski definition) is 2. The molecule has 2 amide bonds. The number of carbonyl (C=O) groups is 2. The van der Waals surface area contributed by atoms with Gasteiger partial charge in [0.05, 0.1) is 7.11 Å². The molecule has 6 nitrogen and oxygen atoms in total. The monoisotopic (exact) mass is 367 g/mol. The first-order chi connectivity index (χ1) is 13.0. The number of nitrogens with two attached hydrogens (primary N) is 1. The molecule has 1 aliphatic carbocycles. The van der Waals surface area contributed by atoms with Crippen molar-refractivity contribution in [3.8, 4) is 11.5 Å². The molecule has 27 heavy (non-hydrogen) atoms. The van der Waals surface area contributed by atoms with Crippen LogP contribution in [0.25, 0.3) is 0 Å². The van der Waals surface area contributed by atoms with Crippen molar-refractivity contribution < 1.29 is 19.1 Å². The van der Waals surface area contributed by atoms with Crippen molar-refractivity contribution in [3.05, 3.63) is 60.0 Å². The molecule has 2 aromatic carbocycles. The average Bonchev–Trinajstić information content (AvgIpc) is 3.16. The highest BCUT2D eigenvalue weighted by molar-refractivity contribution is 6.04. The van der Waals surface area contributed by atoms with Gasteiger partial charge in [-0.15, -0.1) is 0 Å². The fourth-order valence-corrected chi connectivity index (χ4v) is 3.28. The highest BCUT2D eigenvalue weighted by Crippen LogP contribution is 2.30. The van der Waals surface area contributed by atoms with Crippen LogP contribution in [0.3, 0.4) is 0 Å². The molecular formula is C21H23N2O4. The number of carbonyl (C=O) groups excluding carboxylic acids is 2. The predicted octanol–water partition coefficient (Wildman–Crippen LogP) is 4.15. The summed E-state index contributed by atoms with van der Waals surface area (Å²) in [5.74, 6) is 0.793. The molecule has 0 heterocycles. The molecule has 1 saturated carbocycles. The van der Waals surface area contributed by atoms with Crippen molar-refractivity contribution in [2.45, 2.75) is 25.7 Å². The first-order valence-corrected chi connectivity index (χ1v) is 8.97. The number of ether oxygens (including phenoxy) is 2. The molecular weight excluding hydrogens is 344 g/mol. The second kappa shape index (κ2) is 8.58. The van der Waals surface area contributed by atoms with Crippen molar-refractivity contribution in [2.24, 2.45) is 11.7 Å². The Morgan fingerprint density at radius 3 is 2.41 bits per heavy atom. The van der Waals surface area contributed by atoms with E-state index in [0.717, 1.165) is 0 Å². The van der Waals surface area contributed by atoms with Crippen molar-refractivity contribution in [3.63, 3.8) is 0 Å². The highest BCUT2D eigenvalue weighted by atomic mass is 16.6. The summed E-state index contributed by atoms with van der Waals surface area (Å²) in [5, 5.41) is 2.85. The Bertz CT molecular complexity index is 811. The summed E-state index contributed by atoms with van der Waals surface area (Å²) in [6.07, 6.45) is 6.50. The Balaban J connectivity index is 1.64. The molecule has 1 aliphatic rings. The lowest BCUT2D eigenvalue weighted by molar-refractivity contribution is 0.102. The molecule has 6 heteroatoms. The molecule has 3 N–H and O–H groups in total. The van der Waals surface area contributed by atoms with E-state index in [1.54, 1.807) is 6.07 Å². The van der Waals surface area contributed by atoms with E-state index >= 15 is 0 Å². The first kappa shape index (κ1) is 18.8. The van der Waals surface area contributed by atoms with E-state index in [9.17, 15) is 9.59 Å². The lowest BCUT2D eigenvalue weighted by Gasteiger charge is -2.11. The summed E-state index contributed by atoms with van der Waals surface area (Å²) in [6.45, 7) is 0. The minimum Gasteiger partial charge on any atom is -0.493 e. The quantitative estimate of drug-likeness (QED) is 0.802. The second-order valence-electron chi connectivity index (χ2n) is 6.57. The number of hydrogen-bond acceptors (Lipinski definition) is 4. The Hall–Kier alpha value is -3.02. The summed E-state index contributed by atoms with van der Waals surface area (Å²) in [6, 6.07) is 12.3. The molecule has 2 aromatic rings. The topological polar surface area (TPSA) is 90.7 Å². The molecule has 3 rings (SSSR count). The van der Waals surface area contributed by atoms with Gasteiger partial charge in [-0.3, -0.25) is 4.79 Å². The maximum atomic E-state index is 12.5. The van der Waals surface area contributed by atoms with E-state index in [1.165, 1.54) is 50.5 Å². The SMILES string of the molecule is COc1cc(C(=O)Nc2ccc([CH]C3CCCC3)cc2)ccc1OC(N)=O. The smallest absolute Gasteiger partial charge is 0.410 e. The van der Waals surface area contributed by atoms with E-state index < -0.39 is 6.09 Å².